The van der Waals surface area contributed by atoms with E-state index in [4.69, 9.17) is 4.74 Å². The number of benzene rings is 1. The summed E-state index contributed by atoms with van der Waals surface area (Å²) in [7, 11) is 0. The summed E-state index contributed by atoms with van der Waals surface area (Å²) in [5, 5.41) is 9.43. The average Bonchev–Trinajstić information content (AvgIpc) is 2.84. The highest BCUT2D eigenvalue weighted by Crippen LogP contribution is 2.42. The van der Waals surface area contributed by atoms with E-state index in [0.717, 1.165) is 11.9 Å². The molecule has 1 aromatic carbocycles. The third-order valence-electron chi connectivity index (χ3n) is 5.94. The molecule has 2 aliphatic rings. The number of pyridine rings is 2. The maximum atomic E-state index is 15.3. The van der Waals surface area contributed by atoms with Gasteiger partial charge in [0.1, 0.15) is 23.7 Å². The average molecular weight is 455 g/mol. The Kier molecular flexibility index (Phi) is 6.22. The third-order valence-corrected chi connectivity index (χ3v) is 5.94. The fraction of sp³-hybridized carbons (Fsp3) is 0.375. The SMILES string of the molecule is CC.C[C@H]1COc2c(N3CCN(c4ccccn4)CC3)c(F)cc3c(=O)c(C(=O)O)cn1c23. The number of aromatic nitrogens is 2. The molecule has 0 spiro atoms. The lowest BCUT2D eigenvalue weighted by molar-refractivity contribution is 0.0694. The monoisotopic (exact) mass is 454 g/mol. The van der Waals surface area contributed by atoms with Gasteiger partial charge in [0.15, 0.2) is 11.6 Å². The number of halogens is 1. The molecule has 2 aliphatic heterocycles. The first-order chi connectivity index (χ1) is 16.0. The predicted octanol–water partition coefficient (Wildman–Crippen LogP) is 3.54. The van der Waals surface area contributed by atoms with E-state index in [1.54, 1.807) is 10.8 Å². The molecule has 33 heavy (non-hydrogen) atoms. The van der Waals surface area contributed by atoms with Crippen LogP contribution in [0.5, 0.6) is 5.75 Å². The van der Waals surface area contributed by atoms with E-state index in [1.807, 2.05) is 43.9 Å². The number of carbonyl (C=O) groups is 1. The lowest BCUT2D eigenvalue weighted by atomic mass is 10.1. The highest BCUT2D eigenvalue weighted by Gasteiger charge is 2.31. The van der Waals surface area contributed by atoms with Crippen LogP contribution in [-0.2, 0) is 0 Å². The van der Waals surface area contributed by atoms with Gasteiger partial charge < -0.3 is 24.2 Å². The normalized spacial score (nSPS) is 17.3. The summed E-state index contributed by atoms with van der Waals surface area (Å²) >= 11 is 0. The van der Waals surface area contributed by atoms with Crippen molar-refractivity contribution in [3.8, 4) is 5.75 Å². The first-order valence-corrected chi connectivity index (χ1v) is 11.1. The van der Waals surface area contributed by atoms with Crippen LogP contribution in [0.4, 0.5) is 15.9 Å². The summed E-state index contributed by atoms with van der Waals surface area (Å²) in [5.74, 6) is -0.739. The second-order valence-electron chi connectivity index (χ2n) is 7.84. The van der Waals surface area contributed by atoms with E-state index in [1.165, 1.54) is 6.20 Å². The number of ether oxygens (including phenoxy) is 1. The van der Waals surface area contributed by atoms with Gasteiger partial charge in [-0.15, -0.1) is 0 Å². The van der Waals surface area contributed by atoms with Crippen LogP contribution in [0, 0.1) is 5.82 Å². The third kappa shape index (κ3) is 3.88. The number of nitrogens with zero attached hydrogens (tertiary/aromatic N) is 4. The molecular formula is C24H27FN4O4. The molecule has 1 fully saturated rings. The Morgan fingerprint density at radius 3 is 2.52 bits per heavy atom. The fourth-order valence-corrected chi connectivity index (χ4v) is 4.36. The zero-order chi connectivity index (χ0) is 23.7. The van der Waals surface area contributed by atoms with Gasteiger partial charge in [0.2, 0.25) is 5.43 Å². The van der Waals surface area contributed by atoms with E-state index < -0.39 is 17.2 Å². The molecule has 8 nitrogen and oxygen atoms in total. The van der Waals surface area contributed by atoms with Crippen molar-refractivity contribution >= 4 is 28.4 Å². The van der Waals surface area contributed by atoms with Gasteiger partial charge >= 0.3 is 5.97 Å². The first-order valence-electron chi connectivity index (χ1n) is 11.1. The van der Waals surface area contributed by atoms with Gasteiger partial charge in [-0.25, -0.2) is 14.2 Å². The van der Waals surface area contributed by atoms with Crippen LogP contribution in [0.1, 0.15) is 37.2 Å². The highest BCUT2D eigenvalue weighted by molar-refractivity contribution is 5.97. The zero-order valence-electron chi connectivity index (χ0n) is 18.9. The molecule has 0 radical (unpaired) electrons. The second kappa shape index (κ2) is 9.09. The summed E-state index contributed by atoms with van der Waals surface area (Å²) in [6.07, 6.45) is 3.08. The number of rotatable bonds is 3. The smallest absolute Gasteiger partial charge is 0.341 e. The number of anilines is 2. The molecule has 0 unspecified atom stereocenters. The standard InChI is InChI=1S/C22H21FN4O4.C2H6/c1-13-12-31-21-18-14(20(28)15(22(29)30)11-27(13)18)10-16(23)19(21)26-8-6-25(7-9-26)17-4-2-3-5-24-17;1-2/h2-5,10-11,13H,6-9,12H2,1H3,(H,29,30);1-2H3/t13-;/m0./s1. The Morgan fingerprint density at radius 1 is 1.18 bits per heavy atom. The van der Waals surface area contributed by atoms with Gasteiger partial charge in [0.25, 0.3) is 0 Å². The molecule has 0 aliphatic carbocycles. The van der Waals surface area contributed by atoms with Crippen molar-refractivity contribution in [2.75, 3.05) is 42.6 Å². The Morgan fingerprint density at radius 2 is 1.88 bits per heavy atom. The van der Waals surface area contributed by atoms with Crippen LogP contribution in [0.2, 0.25) is 0 Å². The molecular weight excluding hydrogens is 427 g/mol. The molecule has 1 N–H and O–H groups in total. The van der Waals surface area contributed by atoms with Gasteiger partial charge in [-0.2, -0.15) is 0 Å². The zero-order valence-corrected chi connectivity index (χ0v) is 18.9. The Labute approximate surface area is 190 Å². The molecule has 3 aromatic rings. The summed E-state index contributed by atoms with van der Waals surface area (Å²) in [6.45, 7) is 8.57. The lowest BCUT2D eigenvalue weighted by Crippen LogP contribution is -2.47. The van der Waals surface area contributed by atoms with Crippen LogP contribution >= 0.6 is 0 Å². The van der Waals surface area contributed by atoms with E-state index >= 15 is 4.39 Å². The minimum Gasteiger partial charge on any atom is -0.487 e. The molecule has 5 rings (SSSR count). The van der Waals surface area contributed by atoms with Gasteiger partial charge in [-0.05, 0) is 25.1 Å². The van der Waals surface area contributed by atoms with Crippen LogP contribution in [0.3, 0.4) is 0 Å². The maximum Gasteiger partial charge on any atom is 0.341 e. The van der Waals surface area contributed by atoms with Crippen molar-refractivity contribution in [3.63, 3.8) is 0 Å². The number of hydrogen-bond donors (Lipinski definition) is 1. The fourth-order valence-electron chi connectivity index (χ4n) is 4.36. The minimum atomic E-state index is -1.33. The van der Waals surface area contributed by atoms with E-state index in [-0.39, 0.29) is 23.6 Å². The van der Waals surface area contributed by atoms with Crippen LogP contribution in [0.25, 0.3) is 10.9 Å². The second-order valence-corrected chi connectivity index (χ2v) is 7.84. The largest absolute Gasteiger partial charge is 0.487 e. The highest BCUT2D eigenvalue weighted by atomic mass is 19.1. The molecule has 1 atom stereocenters. The number of carboxylic acids is 1. The van der Waals surface area contributed by atoms with Crippen molar-refractivity contribution in [1.29, 1.82) is 0 Å². The number of aromatic carboxylic acids is 1. The molecule has 1 saturated heterocycles. The molecule has 9 heteroatoms. The summed E-state index contributed by atoms with van der Waals surface area (Å²) < 4.78 is 22.9. The van der Waals surface area contributed by atoms with Gasteiger partial charge in [0.05, 0.1) is 16.9 Å². The molecule has 4 heterocycles. The van der Waals surface area contributed by atoms with Crippen molar-refractivity contribution < 1.29 is 19.0 Å². The molecule has 174 valence electrons. The van der Waals surface area contributed by atoms with E-state index in [2.05, 4.69) is 9.88 Å². The molecule has 2 aromatic heterocycles. The van der Waals surface area contributed by atoms with E-state index in [9.17, 15) is 14.7 Å². The van der Waals surface area contributed by atoms with E-state index in [0.29, 0.717) is 43.1 Å². The molecule has 0 saturated carbocycles. The lowest BCUT2D eigenvalue weighted by Gasteiger charge is -2.38. The Bertz CT molecular complexity index is 1240. The summed E-state index contributed by atoms with van der Waals surface area (Å²) in [6, 6.07) is 6.70. The predicted molar refractivity (Wildman–Crippen MR) is 125 cm³/mol. The van der Waals surface area contributed by atoms with Crippen molar-refractivity contribution in [1.82, 2.24) is 9.55 Å². The van der Waals surface area contributed by atoms with Crippen molar-refractivity contribution in [3.05, 3.63) is 58.3 Å². The van der Waals surface area contributed by atoms with Gasteiger partial charge in [-0.1, -0.05) is 19.9 Å². The quantitative estimate of drug-likeness (QED) is 0.648. The summed E-state index contributed by atoms with van der Waals surface area (Å²) in [5.41, 5.74) is -0.319. The van der Waals surface area contributed by atoms with Gasteiger partial charge in [-0.3, -0.25) is 4.79 Å². The summed E-state index contributed by atoms with van der Waals surface area (Å²) in [4.78, 5) is 32.7. The molecule has 0 amide bonds. The van der Waals surface area contributed by atoms with Crippen LogP contribution in [0.15, 0.2) is 41.5 Å². The topological polar surface area (TPSA) is 87.9 Å². The van der Waals surface area contributed by atoms with Crippen molar-refractivity contribution in [2.45, 2.75) is 26.8 Å². The van der Waals surface area contributed by atoms with Crippen molar-refractivity contribution in [2.24, 2.45) is 0 Å². The number of carboxylic acid groups (broad SMARTS) is 1. The van der Waals surface area contributed by atoms with Crippen LogP contribution in [-0.4, -0.2) is 53.4 Å². The first kappa shape index (κ1) is 22.6. The maximum absolute atomic E-state index is 15.3. The number of hydrogen-bond acceptors (Lipinski definition) is 6. The van der Waals surface area contributed by atoms with Crippen LogP contribution < -0.4 is 20.0 Å². The Balaban J connectivity index is 0.00000126. The minimum absolute atomic E-state index is 0.0230. The molecule has 0 bridgehead atoms. The Hall–Kier alpha value is -3.62. The van der Waals surface area contributed by atoms with Gasteiger partial charge in [0, 0.05) is 38.6 Å². The number of piperazine rings is 1.